The second-order valence-corrected chi connectivity index (χ2v) is 5.09. The quantitative estimate of drug-likeness (QED) is 0.577. The van der Waals surface area contributed by atoms with Crippen LogP contribution < -0.4 is 10.1 Å². The number of esters is 1. The molecule has 2 N–H and O–H groups in total. The average molecular weight is 318 g/mol. The first-order valence-corrected chi connectivity index (χ1v) is 7.79. The lowest BCUT2D eigenvalue weighted by Gasteiger charge is -2.06. The summed E-state index contributed by atoms with van der Waals surface area (Å²) in [6.07, 6.45) is 3.10. The highest BCUT2D eigenvalue weighted by Gasteiger charge is 2.09. The normalized spacial score (nSPS) is 10.7. The third-order valence-electron chi connectivity index (χ3n) is 3.43. The monoisotopic (exact) mass is 318 g/mol. The van der Waals surface area contributed by atoms with Crippen molar-refractivity contribution in [3.8, 4) is 5.75 Å². The van der Waals surface area contributed by atoms with Crippen LogP contribution in [-0.2, 0) is 20.7 Å². The summed E-state index contributed by atoms with van der Waals surface area (Å²) >= 11 is 0. The molecule has 2 rings (SSSR count). The van der Waals surface area contributed by atoms with Gasteiger partial charge in [0.1, 0.15) is 12.4 Å². The van der Waals surface area contributed by atoms with E-state index in [0.717, 1.165) is 16.5 Å². The topological polar surface area (TPSA) is 80.4 Å². The second kappa shape index (κ2) is 8.33. The molecule has 0 aliphatic heterocycles. The fourth-order valence-corrected chi connectivity index (χ4v) is 2.24. The molecule has 124 valence electrons. The highest BCUT2D eigenvalue weighted by atomic mass is 16.6. The van der Waals surface area contributed by atoms with Gasteiger partial charge in [0.25, 0.3) is 0 Å². The Morgan fingerprint density at radius 3 is 2.83 bits per heavy atom. The third-order valence-corrected chi connectivity index (χ3v) is 3.43. The molecule has 0 saturated heterocycles. The highest BCUT2D eigenvalue weighted by Crippen LogP contribution is 2.24. The number of hydrogen-bond donors (Lipinski definition) is 2. The Labute approximate surface area is 135 Å². The summed E-state index contributed by atoms with van der Waals surface area (Å²) in [7, 11) is 0. The van der Waals surface area contributed by atoms with Gasteiger partial charge in [-0.25, -0.2) is 4.79 Å². The van der Waals surface area contributed by atoms with Gasteiger partial charge in [-0.3, -0.25) is 4.79 Å². The van der Waals surface area contributed by atoms with Crippen LogP contribution in [0.4, 0.5) is 0 Å². The van der Waals surface area contributed by atoms with Gasteiger partial charge >= 0.3 is 5.97 Å². The summed E-state index contributed by atoms with van der Waals surface area (Å²) < 4.78 is 10.3. The molecular weight excluding hydrogens is 296 g/mol. The zero-order chi connectivity index (χ0) is 16.7. The summed E-state index contributed by atoms with van der Waals surface area (Å²) in [6.45, 7) is 4.64. The van der Waals surface area contributed by atoms with Gasteiger partial charge in [-0.15, -0.1) is 0 Å². The lowest BCUT2D eigenvalue weighted by molar-refractivity contribution is -0.139. The van der Waals surface area contributed by atoms with Crippen molar-refractivity contribution in [1.82, 2.24) is 10.3 Å². The molecule has 0 spiro atoms. The van der Waals surface area contributed by atoms with Gasteiger partial charge in [-0.2, -0.15) is 0 Å². The predicted molar refractivity (Wildman–Crippen MR) is 87.4 cm³/mol. The third kappa shape index (κ3) is 4.82. The van der Waals surface area contributed by atoms with Crippen LogP contribution in [-0.4, -0.2) is 36.6 Å². The average Bonchev–Trinajstić information content (AvgIpc) is 2.95. The van der Waals surface area contributed by atoms with E-state index in [1.54, 1.807) is 6.07 Å². The zero-order valence-electron chi connectivity index (χ0n) is 13.5. The van der Waals surface area contributed by atoms with Crippen molar-refractivity contribution in [2.45, 2.75) is 26.7 Å². The summed E-state index contributed by atoms with van der Waals surface area (Å²) in [5.41, 5.74) is 2.03. The van der Waals surface area contributed by atoms with Gasteiger partial charge in [0.15, 0.2) is 0 Å². The number of carbonyl (C=O) groups excluding carboxylic acids is 2. The fourth-order valence-electron chi connectivity index (χ4n) is 2.24. The van der Waals surface area contributed by atoms with Crippen LogP contribution in [0.3, 0.4) is 0 Å². The Kier molecular flexibility index (Phi) is 6.17. The maximum absolute atomic E-state index is 11.6. The van der Waals surface area contributed by atoms with E-state index in [4.69, 9.17) is 9.47 Å². The minimum absolute atomic E-state index is 0.0374. The first-order chi connectivity index (χ1) is 11.1. The van der Waals surface area contributed by atoms with Crippen molar-refractivity contribution in [3.05, 3.63) is 30.0 Å². The number of benzene rings is 1. The number of hydrogen-bond acceptors (Lipinski definition) is 4. The molecule has 0 unspecified atom stereocenters. The summed E-state index contributed by atoms with van der Waals surface area (Å²) in [6, 6.07) is 5.44. The largest absolute Gasteiger partial charge is 0.425 e. The van der Waals surface area contributed by atoms with Gasteiger partial charge in [-0.1, -0.05) is 6.92 Å². The SMILES string of the molecule is CCOCC(=O)Oc1ccc2[nH]cc(CCNC(=O)CC)c2c1. The molecule has 0 bridgehead atoms. The number of H-pyrrole nitrogens is 1. The van der Waals surface area contributed by atoms with E-state index in [1.165, 1.54) is 0 Å². The Balaban J connectivity index is 2.04. The van der Waals surface area contributed by atoms with Crippen LogP contribution in [0, 0.1) is 0 Å². The summed E-state index contributed by atoms with van der Waals surface area (Å²) in [4.78, 5) is 26.1. The van der Waals surface area contributed by atoms with Crippen LogP contribution in [0.1, 0.15) is 25.8 Å². The van der Waals surface area contributed by atoms with Crippen molar-refractivity contribution < 1.29 is 19.1 Å². The van der Waals surface area contributed by atoms with Crippen molar-refractivity contribution in [1.29, 1.82) is 0 Å². The molecule has 1 aromatic heterocycles. The van der Waals surface area contributed by atoms with Crippen molar-refractivity contribution in [2.24, 2.45) is 0 Å². The van der Waals surface area contributed by atoms with E-state index >= 15 is 0 Å². The van der Waals surface area contributed by atoms with Crippen molar-refractivity contribution in [3.63, 3.8) is 0 Å². The first kappa shape index (κ1) is 17.0. The molecule has 0 radical (unpaired) electrons. The molecule has 23 heavy (non-hydrogen) atoms. The number of fused-ring (bicyclic) bond motifs is 1. The minimum atomic E-state index is -0.418. The van der Waals surface area contributed by atoms with Crippen LogP contribution in [0.2, 0.25) is 0 Å². The number of aromatic amines is 1. The summed E-state index contributed by atoms with van der Waals surface area (Å²) in [5.74, 6) is 0.106. The number of aromatic nitrogens is 1. The molecule has 6 nitrogen and oxygen atoms in total. The second-order valence-electron chi connectivity index (χ2n) is 5.09. The van der Waals surface area contributed by atoms with Crippen LogP contribution in [0.5, 0.6) is 5.75 Å². The molecule has 0 atom stereocenters. The molecule has 1 amide bonds. The fraction of sp³-hybridized carbons (Fsp3) is 0.412. The van der Waals surface area contributed by atoms with E-state index in [1.807, 2.05) is 32.2 Å². The number of ether oxygens (including phenoxy) is 2. The summed E-state index contributed by atoms with van der Waals surface area (Å²) in [5, 5.41) is 3.83. The van der Waals surface area contributed by atoms with E-state index in [-0.39, 0.29) is 12.5 Å². The Hall–Kier alpha value is -2.34. The number of rotatable bonds is 8. The number of carbonyl (C=O) groups is 2. The van der Waals surface area contributed by atoms with Crippen LogP contribution in [0.25, 0.3) is 10.9 Å². The maximum Gasteiger partial charge on any atom is 0.337 e. The zero-order valence-corrected chi connectivity index (χ0v) is 13.5. The first-order valence-electron chi connectivity index (χ1n) is 7.79. The smallest absolute Gasteiger partial charge is 0.337 e. The Morgan fingerprint density at radius 1 is 1.26 bits per heavy atom. The molecule has 0 fully saturated rings. The Morgan fingerprint density at radius 2 is 2.09 bits per heavy atom. The predicted octanol–water partition coefficient (Wildman–Crippen LogP) is 2.18. The standard InChI is InChI=1S/C17H22N2O4/c1-3-16(20)18-8-7-12-10-19-15-6-5-13(9-14(12)15)23-17(21)11-22-4-2/h5-6,9-10,19H,3-4,7-8,11H2,1-2H3,(H,18,20). The molecule has 0 saturated carbocycles. The van der Waals surface area contributed by atoms with Crippen molar-refractivity contribution in [2.75, 3.05) is 19.8 Å². The molecule has 1 heterocycles. The van der Waals surface area contributed by atoms with Gasteiger partial charge < -0.3 is 19.8 Å². The maximum atomic E-state index is 11.6. The molecule has 1 aromatic carbocycles. The number of nitrogens with one attached hydrogen (secondary N) is 2. The van der Waals surface area contributed by atoms with E-state index < -0.39 is 5.97 Å². The van der Waals surface area contributed by atoms with Crippen molar-refractivity contribution >= 4 is 22.8 Å². The molecule has 0 aliphatic rings. The van der Waals surface area contributed by atoms with E-state index in [9.17, 15) is 9.59 Å². The molecule has 2 aromatic rings. The molecule has 6 heteroatoms. The van der Waals surface area contributed by atoms with Gasteiger partial charge in [-0.05, 0) is 37.1 Å². The van der Waals surface area contributed by atoms with Crippen LogP contribution >= 0.6 is 0 Å². The van der Waals surface area contributed by atoms with E-state index in [0.29, 0.717) is 31.7 Å². The highest BCUT2D eigenvalue weighted by molar-refractivity contribution is 5.85. The lowest BCUT2D eigenvalue weighted by Crippen LogP contribution is -2.24. The van der Waals surface area contributed by atoms with Gasteiger partial charge in [0.05, 0.1) is 0 Å². The van der Waals surface area contributed by atoms with E-state index in [2.05, 4.69) is 10.3 Å². The van der Waals surface area contributed by atoms with Crippen LogP contribution in [0.15, 0.2) is 24.4 Å². The molecular formula is C17H22N2O4. The van der Waals surface area contributed by atoms with Gasteiger partial charge in [0.2, 0.25) is 5.91 Å². The Bertz CT molecular complexity index is 678. The molecule has 0 aliphatic carbocycles. The number of amides is 1. The minimum Gasteiger partial charge on any atom is -0.425 e. The van der Waals surface area contributed by atoms with Gasteiger partial charge in [0, 0.05) is 36.7 Å². The lowest BCUT2D eigenvalue weighted by atomic mass is 10.1.